The van der Waals surface area contributed by atoms with Crippen molar-refractivity contribution in [1.82, 2.24) is 4.90 Å². The molecule has 3 atom stereocenters. The van der Waals surface area contributed by atoms with Gasteiger partial charge in [-0.05, 0) is 32.8 Å². The monoisotopic (exact) mass is 422 g/mol. The standard InChI is InChI=1S/C22H34N2O6/c1-6-7-13-16(23)20(27)24(21(28)30-22(2,3)4)19(15-11-9-8-10-12-15)17(25)14-18(26)29-5/h8-12,16-17,19,25H,6-7,13-14,23H2,1-5H3/t16-,17?,19?/m0/s1. The Labute approximate surface area is 178 Å². The minimum Gasteiger partial charge on any atom is -0.469 e. The Morgan fingerprint density at radius 2 is 1.77 bits per heavy atom. The van der Waals surface area contributed by atoms with E-state index in [4.69, 9.17) is 10.5 Å². The smallest absolute Gasteiger partial charge is 0.417 e. The molecule has 0 saturated carbocycles. The van der Waals surface area contributed by atoms with Gasteiger partial charge in [-0.2, -0.15) is 0 Å². The number of aliphatic hydroxyl groups is 1. The molecule has 0 fully saturated rings. The van der Waals surface area contributed by atoms with Crippen molar-refractivity contribution in [2.24, 2.45) is 5.73 Å². The molecule has 2 unspecified atom stereocenters. The third-order valence-electron chi connectivity index (χ3n) is 4.40. The van der Waals surface area contributed by atoms with Crippen molar-refractivity contribution in [2.45, 2.75) is 77.2 Å². The van der Waals surface area contributed by atoms with Crippen molar-refractivity contribution >= 4 is 18.0 Å². The molecule has 30 heavy (non-hydrogen) atoms. The van der Waals surface area contributed by atoms with Crippen molar-refractivity contribution in [3.05, 3.63) is 35.9 Å². The van der Waals surface area contributed by atoms with Gasteiger partial charge < -0.3 is 20.3 Å². The zero-order valence-corrected chi connectivity index (χ0v) is 18.5. The largest absolute Gasteiger partial charge is 0.469 e. The predicted octanol–water partition coefficient (Wildman–Crippen LogP) is 2.93. The summed E-state index contributed by atoms with van der Waals surface area (Å²) in [5.41, 5.74) is 5.67. The highest BCUT2D eigenvalue weighted by atomic mass is 16.6. The number of carbonyl (C=O) groups is 3. The molecule has 1 rings (SSSR count). The first-order chi connectivity index (χ1) is 14.0. The molecule has 0 aromatic heterocycles. The van der Waals surface area contributed by atoms with Crippen LogP contribution >= 0.6 is 0 Å². The molecule has 0 saturated heterocycles. The first-order valence-electron chi connectivity index (χ1n) is 10.1. The lowest BCUT2D eigenvalue weighted by molar-refractivity contribution is -0.146. The number of esters is 1. The summed E-state index contributed by atoms with van der Waals surface area (Å²) in [4.78, 5) is 38.9. The normalized spacial score (nSPS) is 14.4. The Morgan fingerprint density at radius 1 is 1.17 bits per heavy atom. The Kier molecular flexibility index (Phi) is 9.95. The summed E-state index contributed by atoms with van der Waals surface area (Å²) in [6.45, 7) is 6.99. The van der Waals surface area contributed by atoms with Gasteiger partial charge in [-0.25, -0.2) is 9.69 Å². The van der Waals surface area contributed by atoms with E-state index in [2.05, 4.69) is 4.74 Å². The topological polar surface area (TPSA) is 119 Å². The number of nitrogens with two attached hydrogens (primary N) is 1. The lowest BCUT2D eigenvalue weighted by atomic mass is 9.96. The van der Waals surface area contributed by atoms with Crippen LogP contribution in [0.25, 0.3) is 0 Å². The van der Waals surface area contributed by atoms with Crippen molar-refractivity contribution < 1.29 is 29.0 Å². The number of imide groups is 1. The second-order valence-corrected chi connectivity index (χ2v) is 8.14. The highest BCUT2D eigenvalue weighted by Gasteiger charge is 2.40. The van der Waals surface area contributed by atoms with Gasteiger partial charge in [0.25, 0.3) is 0 Å². The molecule has 0 spiro atoms. The molecule has 0 aliphatic carbocycles. The SMILES string of the molecule is CCCC[C@H](N)C(=O)N(C(=O)OC(C)(C)C)C(c1ccccc1)C(O)CC(=O)OC. The molecule has 1 aromatic rings. The first kappa shape index (κ1) is 25.6. The molecule has 8 nitrogen and oxygen atoms in total. The van der Waals surface area contributed by atoms with Gasteiger partial charge >= 0.3 is 12.1 Å². The van der Waals surface area contributed by atoms with Gasteiger partial charge in [0.1, 0.15) is 5.60 Å². The highest BCUT2D eigenvalue weighted by molar-refractivity contribution is 5.95. The summed E-state index contributed by atoms with van der Waals surface area (Å²) in [5, 5.41) is 10.8. The van der Waals surface area contributed by atoms with Gasteiger partial charge in [0.05, 0.1) is 31.7 Å². The van der Waals surface area contributed by atoms with Gasteiger partial charge in [0, 0.05) is 0 Å². The second kappa shape index (κ2) is 11.7. The zero-order chi connectivity index (χ0) is 22.9. The molecular weight excluding hydrogens is 388 g/mol. The van der Waals surface area contributed by atoms with Crippen molar-refractivity contribution in [1.29, 1.82) is 0 Å². The molecule has 0 bridgehead atoms. The average molecular weight is 423 g/mol. The molecule has 2 amide bonds. The van der Waals surface area contributed by atoms with Crippen LogP contribution in [0.2, 0.25) is 0 Å². The maximum atomic E-state index is 13.2. The number of methoxy groups -OCH3 is 1. The number of hydrogen-bond acceptors (Lipinski definition) is 7. The van der Waals surface area contributed by atoms with Crippen LogP contribution in [0.5, 0.6) is 0 Å². The van der Waals surface area contributed by atoms with Crippen LogP contribution in [0.15, 0.2) is 30.3 Å². The summed E-state index contributed by atoms with van der Waals surface area (Å²) >= 11 is 0. The number of nitrogens with zero attached hydrogens (tertiary/aromatic N) is 1. The maximum absolute atomic E-state index is 13.2. The molecular formula is C22H34N2O6. The van der Waals surface area contributed by atoms with E-state index in [0.29, 0.717) is 18.4 Å². The van der Waals surface area contributed by atoms with Gasteiger partial charge in [0.2, 0.25) is 5.91 Å². The van der Waals surface area contributed by atoms with Gasteiger partial charge in [-0.1, -0.05) is 50.1 Å². The third kappa shape index (κ3) is 7.76. The van der Waals surface area contributed by atoms with Crippen molar-refractivity contribution in [2.75, 3.05) is 7.11 Å². The molecule has 0 radical (unpaired) electrons. The van der Waals surface area contributed by atoms with E-state index in [1.165, 1.54) is 7.11 Å². The van der Waals surface area contributed by atoms with Crippen LogP contribution in [-0.4, -0.2) is 52.8 Å². The predicted molar refractivity (Wildman–Crippen MR) is 112 cm³/mol. The first-order valence-corrected chi connectivity index (χ1v) is 10.1. The number of amides is 2. The van der Waals surface area contributed by atoms with E-state index < -0.39 is 48.2 Å². The fraction of sp³-hybridized carbons (Fsp3) is 0.591. The molecule has 3 N–H and O–H groups in total. The number of hydrogen-bond donors (Lipinski definition) is 2. The van der Waals surface area contributed by atoms with E-state index >= 15 is 0 Å². The van der Waals surface area contributed by atoms with Crippen LogP contribution in [0.1, 0.15) is 65.0 Å². The van der Waals surface area contributed by atoms with Crippen LogP contribution in [0, 0.1) is 0 Å². The van der Waals surface area contributed by atoms with E-state index in [1.54, 1.807) is 51.1 Å². The minimum absolute atomic E-state index is 0.378. The van der Waals surface area contributed by atoms with E-state index in [1.807, 2.05) is 6.92 Å². The molecule has 0 aliphatic heterocycles. The van der Waals surface area contributed by atoms with Crippen molar-refractivity contribution in [3.8, 4) is 0 Å². The summed E-state index contributed by atoms with van der Waals surface area (Å²) in [6.07, 6.45) is -0.835. The number of ether oxygens (including phenoxy) is 2. The second-order valence-electron chi connectivity index (χ2n) is 8.14. The molecule has 1 aromatic carbocycles. The lowest BCUT2D eigenvalue weighted by Crippen LogP contribution is -2.52. The Morgan fingerprint density at radius 3 is 2.27 bits per heavy atom. The molecule has 168 valence electrons. The molecule has 8 heteroatoms. The summed E-state index contributed by atoms with van der Waals surface area (Å²) in [5.74, 6) is -1.34. The maximum Gasteiger partial charge on any atom is 0.417 e. The fourth-order valence-electron chi connectivity index (χ4n) is 2.94. The van der Waals surface area contributed by atoms with E-state index in [-0.39, 0.29) is 0 Å². The lowest BCUT2D eigenvalue weighted by Gasteiger charge is -2.36. The molecule has 0 aliphatic rings. The number of aliphatic hydroxyl groups excluding tert-OH is 1. The van der Waals surface area contributed by atoms with Crippen LogP contribution < -0.4 is 5.73 Å². The fourth-order valence-corrected chi connectivity index (χ4v) is 2.94. The van der Waals surface area contributed by atoms with Crippen LogP contribution in [0.4, 0.5) is 4.79 Å². The quantitative estimate of drug-likeness (QED) is 0.587. The summed E-state index contributed by atoms with van der Waals surface area (Å²) in [6, 6.07) is 6.39. The number of carbonyl (C=O) groups excluding carboxylic acids is 3. The van der Waals surface area contributed by atoms with Gasteiger partial charge in [0.15, 0.2) is 0 Å². The third-order valence-corrected chi connectivity index (χ3v) is 4.40. The van der Waals surface area contributed by atoms with E-state index in [9.17, 15) is 19.5 Å². The van der Waals surface area contributed by atoms with Crippen LogP contribution in [-0.2, 0) is 19.1 Å². The Bertz CT molecular complexity index is 701. The van der Waals surface area contributed by atoms with Gasteiger partial charge in [-0.3, -0.25) is 9.59 Å². The molecule has 0 heterocycles. The highest BCUT2D eigenvalue weighted by Crippen LogP contribution is 2.29. The average Bonchev–Trinajstić information content (AvgIpc) is 2.68. The number of benzene rings is 1. The summed E-state index contributed by atoms with van der Waals surface area (Å²) in [7, 11) is 1.20. The minimum atomic E-state index is -1.41. The zero-order valence-electron chi connectivity index (χ0n) is 18.5. The summed E-state index contributed by atoms with van der Waals surface area (Å²) < 4.78 is 10.1. The Hall–Kier alpha value is -2.45. The number of unbranched alkanes of at least 4 members (excludes halogenated alkanes) is 1. The number of rotatable bonds is 9. The van der Waals surface area contributed by atoms with Gasteiger partial charge in [-0.15, -0.1) is 0 Å². The Balaban J connectivity index is 3.43. The van der Waals surface area contributed by atoms with Crippen molar-refractivity contribution in [3.63, 3.8) is 0 Å². The van der Waals surface area contributed by atoms with E-state index in [0.717, 1.165) is 11.3 Å². The van der Waals surface area contributed by atoms with Crippen LogP contribution in [0.3, 0.4) is 0 Å².